The van der Waals surface area contributed by atoms with E-state index in [1.807, 2.05) is 31.2 Å². The molecule has 2 N–H and O–H groups in total. The molecule has 1 rings (SSSR count). The van der Waals surface area contributed by atoms with Crippen molar-refractivity contribution < 1.29 is 9.47 Å². The van der Waals surface area contributed by atoms with Crippen molar-refractivity contribution in [3.8, 4) is 0 Å². The van der Waals surface area contributed by atoms with Gasteiger partial charge in [0.1, 0.15) is 0 Å². The summed E-state index contributed by atoms with van der Waals surface area (Å²) in [6, 6.07) is 7.63. The molecular weight excluding hydrogens is 274 g/mol. The highest BCUT2D eigenvalue weighted by Gasteiger charge is 2.21. The first kappa shape index (κ1) is 17.4. The van der Waals surface area contributed by atoms with Crippen molar-refractivity contribution in [2.24, 2.45) is 11.7 Å². The van der Waals surface area contributed by atoms with Gasteiger partial charge in [0.2, 0.25) is 0 Å². The van der Waals surface area contributed by atoms with Gasteiger partial charge in [-0.05, 0) is 18.4 Å². The Morgan fingerprint density at radius 2 is 1.90 bits per heavy atom. The maximum absolute atomic E-state index is 6.23. The minimum atomic E-state index is -0.184. The Labute approximate surface area is 127 Å². The van der Waals surface area contributed by atoms with Crippen LogP contribution in [0.25, 0.3) is 0 Å². The van der Waals surface area contributed by atoms with E-state index >= 15 is 0 Å². The number of benzene rings is 1. The maximum Gasteiger partial charge on any atom is 0.0991 e. The molecule has 1 aromatic carbocycles. The molecule has 0 spiro atoms. The SMILES string of the molecule is CCC(N)C(OCCOCC(C)C)c1ccccc1Cl. The quantitative estimate of drug-likeness (QED) is 0.705. The fourth-order valence-electron chi connectivity index (χ4n) is 1.92. The lowest BCUT2D eigenvalue weighted by Crippen LogP contribution is -2.30. The lowest BCUT2D eigenvalue weighted by molar-refractivity contribution is -0.0123. The number of hydrogen-bond donors (Lipinski definition) is 1. The average molecular weight is 300 g/mol. The first-order valence-electron chi connectivity index (χ1n) is 7.25. The fourth-order valence-corrected chi connectivity index (χ4v) is 2.16. The zero-order valence-electron chi connectivity index (χ0n) is 12.6. The average Bonchev–Trinajstić information content (AvgIpc) is 2.43. The van der Waals surface area contributed by atoms with Crippen LogP contribution in [0.4, 0.5) is 0 Å². The Balaban J connectivity index is 2.56. The normalized spacial score (nSPS) is 14.5. The second-order valence-electron chi connectivity index (χ2n) is 5.35. The number of ether oxygens (including phenoxy) is 2. The third-order valence-corrected chi connectivity index (χ3v) is 3.39. The molecule has 0 aromatic heterocycles. The second kappa shape index (κ2) is 9.35. The summed E-state index contributed by atoms with van der Waals surface area (Å²) < 4.78 is 11.4. The van der Waals surface area contributed by atoms with E-state index in [2.05, 4.69) is 13.8 Å². The molecule has 2 unspecified atom stereocenters. The van der Waals surface area contributed by atoms with Crippen molar-refractivity contribution in [3.63, 3.8) is 0 Å². The van der Waals surface area contributed by atoms with Gasteiger partial charge < -0.3 is 15.2 Å². The van der Waals surface area contributed by atoms with Crippen LogP contribution in [0.1, 0.15) is 38.9 Å². The van der Waals surface area contributed by atoms with Gasteiger partial charge in [0.15, 0.2) is 0 Å². The fraction of sp³-hybridized carbons (Fsp3) is 0.625. The van der Waals surface area contributed by atoms with E-state index < -0.39 is 0 Å². The highest BCUT2D eigenvalue weighted by Crippen LogP contribution is 2.28. The van der Waals surface area contributed by atoms with Gasteiger partial charge in [-0.25, -0.2) is 0 Å². The maximum atomic E-state index is 6.23. The minimum Gasteiger partial charge on any atom is -0.379 e. The molecule has 1 aromatic rings. The Bertz CT molecular complexity index is 384. The van der Waals surface area contributed by atoms with Gasteiger partial charge in [-0.15, -0.1) is 0 Å². The van der Waals surface area contributed by atoms with Gasteiger partial charge in [-0.3, -0.25) is 0 Å². The summed E-state index contributed by atoms with van der Waals surface area (Å²) in [6.45, 7) is 8.15. The molecule has 0 aliphatic rings. The van der Waals surface area contributed by atoms with Crippen molar-refractivity contribution in [2.45, 2.75) is 39.3 Å². The predicted octanol–water partition coefficient (Wildman–Crippen LogP) is 3.81. The highest BCUT2D eigenvalue weighted by molar-refractivity contribution is 6.31. The third kappa shape index (κ3) is 5.80. The monoisotopic (exact) mass is 299 g/mol. The molecule has 0 amide bonds. The Kier molecular flexibility index (Phi) is 8.15. The van der Waals surface area contributed by atoms with E-state index in [1.165, 1.54) is 0 Å². The minimum absolute atomic E-state index is 0.0694. The zero-order valence-corrected chi connectivity index (χ0v) is 13.4. The summed E-state index contributed by atoms with van der Waals surface area (Å²) in [4.78, 5) is 0. The van der Waals surface area contributed by atoms with Gasteiger partial charge in [0.05, 0.1) is 19.3 Å². The van der Waals surface area contributed by atoms with Crippen LogP contribution < -0.4 is 5.73 Å². The Morgan fingerprint density at radius 3 is 2.50 bits per heavy atom. The van der Waals surface area contributed by atoms with Gasteiger partial charge >= 0.3 is 0 Å². The van der Waals surface area contributed by atoms with Crippen LogP contribution in [0.15, 0.2) is 24.3 Å². The van der Waals surface area contributed by atoms with Crippen molar-refractivity contribution in [1.29, 1.82) is 0 Å². The molecule has 0 bridgehead atoms. The van der Waals surface area contributed by atoms with Crippen LogP contribution in [0.3, 0.4) is 0 Å². The van der Waals surface area contributed by atoms with E-state index in [0.29, 0.717) is 24.2 Å². The summed E-state index contributed by atoms with van der Waals surface area (Å²) in [5, 5.41) is 0.699. The number of hydrogen-bond acceptors (Lipinski definition) is 3. The van der Waals surface area contributed by atoms with Crippen LogP contribution in [0.2, 0.25) is 5.02 Å². The molecule has 0 saturated carbocycles. The van der Waals surface area contributed by atoms with Crippen LogP contribution in [0, 0.1) is 5.92 Å². The van der Waals surface area contributed by atoms with Crippen molar-refractivity contribution in [2.75, 3.05) is 19.8 Å². The molecule has 114 valence electrons. The number of rotatable bonds is 9. The molecule has 0 radical (unpaired) electrons. The molecule has 3 nitrogen and oxygen atoms in total. The molecular formula is C16H26ClNO2. The summed E-state index contributed by atoms with van der Waals surface area (Å²) >= 11 is 6.23. The van der Waals surface area contributed by atoms with Gasteiger partial charge in [0.25, 0.3) is 0 Å². The third-order valence-electron chi connectivity index (χ3n) is 3.05. The van der Waals surface area contributed by atoms with Crippen LogP contribution in [-0.2, 0) is 9.47 Å². The van der Waals surface area contributed by atoms with Crippen molar-refractivity contribution in [1.82, 2.24) is 0 Å². The molecule has 0 saturated heterocycles. The van der Waals surface area contributed by atoms with Crippen molar-refractivity contribution >= 4 is 11.6 Å². The molecule has 20 heavy (non-hydrogen) atoms. The van der Waals surface area contributed by atoms with E-state index in [4.69, 9.17) is 26.8 Å². The smallest absolute Gasteiger partial charge is 0.0991 e. The summed E-state index contributed by atoms with van der Waals surface area (Å²) in [6.07, 6.45) is 0.652. The van der Waals surface area contributed by atoms with Gasteiger partial charge in [0, 0.05) is 23.2 Å². The Hall–Kier alpha value is -0.610. The van der Waals surface area contributed by atoms with E-state index in [1.54, 1.807) is 0 Å². The molecule has 0 heterocycles. The molecule has 0 fully saturated rings. The van der Waals surface area contributed by atoms with Crippen LogP contribution in [-0.4, -0.2) is 25.9 Å². The molecule has 0 aliphatic carbocycles. The summed E-state index contributed by atoms with van der Waals surface area (Å²) in [5.41, 5.74) is 7.11. The first-order valence-corrected chi connectivity index (χ1v) is 7.63. The summed E-state index contributed by atoms with van der Waals surface area (Å²) in [5.74, 6) is 0.535. The van der Waals surface area contributed by atoms with Crippen LogP contribution >= 0.6 is 11.6 Å². The topological polar surface area (TPSA) is 44.5 Å². The van der Waals surface area contributed by atoms with Gasteiger partial charge in [-0.2, -0.15) is 0 Å². The lowest BCUT2D eigenvalue weighted by atomic mass is 10.0. The van der Waals surface area contributed by atoms with E-state index in [-0.39, 0.29) is 12.1 Å². The van der Waals surface area contributed by atoms with E-state index in [9.17, 15) is 0 Å². The second-order valence-corrected chi connectivity index (χ2v) is 5.76. The van der Waals surface area contributed by atoms with E-state index in [0.717, 1.165) is 18.6 Å². The standard InChI is InChI=1S/C16H26ClNO2/c1-4-15(18)16(13-7-5-6-8-14(13)17)20-10-9-19-11-12(2)3/h5-8,12,15-16H,4,9-11,18H2,1-3H3. The highest BCUT2D eigenvalue weighted by atomic mass is 35.5. The van der Waals surface area contributed by atoms with Crippen LogP contribution in [0.5, 0.6) is 0 Å². The molecule has 0 aliphatic heterocycles. The summed E-state index contributed by atoms with van der Waals surface area (Å²) in [7, 11) is 0. The first-order chi connectivity index (χ1) is 9.56. The van der Waals surface area contributed by atoms with Gasteiger partial charge in [-0.1, -0.05) is 50.6 Å². The largest absolute Gasteiger partial charge is 0.379 e. The molecule has 4 heteroatoms. The predicted molar refractivity (Wildman–Crippen MR) is 84.1 cm³/mol. The molecule has 2 atom stereocenters. The zero-order chi connectivity index (χ0) is 15.0. The lowest BCUT2D eigenvalue weighted by Gasteiger charge is -2.24. The number of nitrogens with two attached hydrogens (primary N) is 1. The Morgan fingerprint density at radius 1 is 1.20 bits per heavy atom. The number of halogens is 1. The van der Waals surface area contributed by atoms with Crippen molar-refractivity contribution in [3.05, 3.63) is 34.9 Å².